The van der Waals surface area contributed by atoms with E-state index in [2.05, 4.69) is 10.2 Å². The van der Waals surface area contributed by atoms with Crippen LogP contribution in [-0.4, -0.2) is 92.1 Å². The van der Waals surface area contributed by atoms with Gasteiger partial charge in [-0.3, -0.25) is 9.69 Å². The maximum atomic E-state index is 13.7. The highest BCUT2D eigenvalue weighted by Gasteiger charge is 2.34. The van der Waals surface area contributed by atoms with E-state index in [-0.39, 0.29) is 24.5 Å². The Labute approximate surface area is 219 Å². The zero-order chi connectivity index (χ0) is 26.0. The number of carbonyl (C=O) groups excluding carboxylic acids is 2. The van der Waals surface area contributed by atoms with Crippen LogP contribution in [-0.2, 0) is 9.53 Å². The summed E-state index contributed by atoms with van der Waals surface area (Å²) in [5.41, 5.74) is 2.79. The van der Waals surface area contributed by atoms with Crippen molar-refractivity contribution in [3.63, 3.8) is 0 Å². The first-order valence-corrected chi connectivity index (χ1v) is 13.0. The summed E-state index contributed by atoms with van der Waals surface area (Å²) in [6.45, 7) is 6.73. The van der Waals surface area contributed by atoms with E-state index in [1.54, 1.807) is 17.0 Å². The van der Waals surface area contributed by atoms with Gasteiger partial charge >= 0.3 is 6.03 Å². The largest absolute Gasteiger partial charge is 0.497 e. The van der Waals surface area contributed by atoms with Gasteiger partial charge < -0.3 is 19.7 Å². The average Bonchev–Trinajstić information content (AvgIpc) is 3.41. The second kappa shape index (κ2) is 13.2. The zero-order valence-corrected chi connectivity index (χ0v) is 21.8. The molecule has 2 aliphatic rings. The number of nitrogens with one attached hydrogen (secondary N) is 1. The first kappa shape index (κ1) is 26.6. The molecule has 1 atom stereocenters. The van der Waals surface area contributed by atoms with Gasteiger partial charge in [-0.2, -0.15) is 5.10 Å². The molecule has 4 rings (SSSR count). The molecule has 3 amide bonds. The normalized spacial score (nSPS) is 17.8. The summed E-state index contributed by atoms with van der Waals surface area (Å²) in [6, 6.07) is 17.2. The Morgan fingerprint density at radius 1 is 1.11 bits per heavy atom. The van der Waals surface area contributed by atoms with E-state index in [1.807, 2.05) is 61.5 Å². The molecule has 9 nitrogen and oxygen atoms in total. The number of hydrogen-bond acceptors (Lipinski definition) is 6. The number of hydrogen-bond donors (Lipinski definition) is 1. The molecule has 1 fully saturated rings. The van der Waals surface area contributed by atoms with Crippen LogP contribution in [0.5, 0.6) is 5.75 Å². The molecule has 2 aromatic rings. The van der Waals surface area contributed by atoms with Crippen LogP contribution in [0.15, 0.2) is 59.7 Å². The number of hydrazone groups is 1. The molecule has 0 saturated carbocycles. The minimum Gasteiger partial charge on any atom is -0.497 e. The van der Waals surface area contributed by atoms with Crippen LogP contribution in [0.4, 0.5) is 4.79 Å². The number of nitrogens with zero attached hydrogens (tertiary/aromatic N) is 4. The van der Waals surface area contributed by atoms with Crippen molar-refractivity contribution in [2.45, 2.75) is 25.8 Å². The number of carbonyl (C=O) groups is 2. The third-order valence-corrected chi connectivity index (χ3v) is 6.70. The summed E-state index contributed by atoms with van der Waals surface area (Å²) in [4.78, 5) is 30.5. The Morgan fingerprint density at radius 2 is 1.84 bits per heavy atom. The number of ether oxygens (including phenoxy) is 2. The predicted octanol–water partition coefficient (Wildman–Crippen LogP) is 3.13. The minimum atomic E-state index is -0.231. The van der Waals surface area contributed by atoms with E-state index in [0.29, 0.717) is 39.3 Å². The van der Waals surface area contributed by atoms with Gasteiger partial charge in [0.2, 0.25) is 0 Å². The lowest BCUT2D eigenvalue weighted by Gasteiger charge is -2.31. The Bertz CT molecular complexity index is 1050. The van der Waals surface area contributed by atoms with Crippen molar-refractivity contribution in [1.29, 1.82) is 0 Å². The van der Waals surface area contributed by atoms with Crippen LogP contribution in [0, 0.1) is 0 Å². The number of morpholine rings is 1. The van der Waals surface area contributed by atoms with Gasteiger partial charge in [-0.25, -0.2) is 9.80 Å². The average molecular weight is 508 g/mol. The van der Waals surface area contributed by atoms with Gasteiger partial charge in [0.05, 0.1) is 32.1 Å². The van der Waals surface area contributed by atoms with Crippen molar-refractivity contribution in [3.05, 3.63) is 65.7 Å². The molecule has 0 radical (unpaired) electrons. The van der Waals surface area contributed by atoms with Gasteiger partial charge in [0.25, 0.3) is 5.91 Å². The van der Waals surface area contributed by atoms with Gasteiger partial charge in [-0.05, 0) is 41.8 Å². The van der Waals surface area contributed by atoms with Crippen molar-refractivity contribution in [1.82, 2.24) is 20.1 Å². The molecule has 37 heavy (non-hydrogen) atoms. The molecule has 2 aliphatic heterocycles. The minimum absolute atomic E-state index is 0.0391. The highest BCUT2D eigenvalue weighted by atomic mass is 16.5. The van der Waals surface area contributed by atoms with E-state index in [4.69, 9.17) is 14.6 Å². The summed E-state index contributed by atoms with van der Waals surface area (Å²) in [5.74, 6) is 0.565. The van der Waals surface area contributed by atoms with Crippen LogP contribution in [0.25, 0.3) is 0 Å². The fourth-order valence-corrected chi connectivity index (χ4v) is 4.55. The molecule has 0 unspecified atom stereocenters. The Morgan fingerprint density at radius 3 is 2.51 bits per heavy atom. The molecule has 2 aromatic carbocycles. The molecule has 0 spiro atoms. The van der Waals surface area contributed by atoms with E-state index in [9.17, 15) is 9.59 Å². The van der Waals surface area contributed by atoms with Crippen LogP contribution < -0.4 is 10.1 Å². The second-order valence-electron chi connectivity index (χ2n) is 9.25. The van der Waals surface area contributed by atoms with Crippen LogP contribution in [0.3, 0.4) is 0 Å². The first-order valence-electron chi connectivity index (χ1n) is 13.0. The molecule has 0 bridgehead atoms. The molecule has 1 N–H and O–H groups in total. The van der Waals surface area contributed by atoms with Crippen LogP contribution >= 0.6 is 0 Å². The first-order chi connectivity index (χ1) is 18.1. The van der Waals surface area contributed by atoms with Crippen LogP contribution in [0.1, 0.15) is 36.9 Å². The molecule has 2 heterocycles. The Balaban J connectivity index is 1.53. The Kier molecular flexibility index (Phi) is 9.51. The van der Waals surface area contributed by atoms with Gasteiger partial charge in [0, 0.05) is 39.1 Å². The SMILES string of the molecule is CCCNC(=O)N(CCN1CCOCC1)CC(=O)N1N=C(c2ccc(OC)cc2)C[C@@H]1c1ccccc1. The quantitative estimate of drug-likeness (QED) is 0.534. The smallest absolute Gasteiger partial charge is 0.317 e. The number of amides is 3. The molecule has 9 heteroatoms. The maximum Gasteiger partial charge on any atom is 0.317 e. The topological polar surface area (TPSA) is 86.7 Å². The molecular weight excluding hydrogens is 470 g/mol. The van der Waals surface area contributed by atoms with Crippen LogP contribution in [0.2, 0.25) is 0 Å². The second-order valence-corrected chi connectivity index (χ2v) is 9.25. The third kappa shape index (κ3) is 7.08. The number of methoxy groups -OCH3 is 1. The van der Waals surface area contributed by atoms with Gasteiger partial charge in [0.15, 0.2) is 0 Å². The van der Waals surface area contributed by atoms with Crippen molar-refractivity contribution in [2.75, 3.05) is 59.6 Å². The van der Waals surface area contributed by atoms with E-state index in [0.717, 1.165) is 42.1 Å². The van der Waals surface area contributed by atoms with Crippen molar-refractivity contribution >= 4 is 17.6 Å². The monoisotopic (exact) mass is 507 g/mol. The van der Waals surface area contributed by atoms with Crippen molar-refractivity contribution in [3.8, 4) is 5.75 Å². The highest BCUT2D eigenvalue weighted by Crippen LogP contribution is 2.33. The number of urea groups is 1. The highest BCUT2D eigenvalue weighted by molar-refractivity contribution is 6.03. The standard InChI is InChI=1S/C28H37N5O4/c1-3-13-29-28(35)32(15-14-31-16-18-37-19-17-31)21-27(34)33-26(23-7-5-4-6-8-23)20-25(30-33)22-9-11-24(36-2)12-10-22/h4-12,26H,3,13-21H2,1-2H3,(H,29,35)/t26-/m1/s1. The summed E-state index contributed by atoms with van der Waals surface area (Å²) in [5, 5.41) is 9.26. The number of rotatable bonds is 10. The lowest BCUT2D eigenvalue weighted by molar-refractivity contribution is -0.133. The fourth-order valence-electron chi connectivity index (χ4n) is 4.55. The van der Waals surface area contributed by atoms with Gasteiger partial charge in [-0.15, -0.1) is 0 Å². The molecule has 0 aliphatic carbocycles. The van der Waals surface area contributed by atoms with E-state index < -0.39 is 0 Å². The van der Waals surface area contributed by atoms with Gasteiger partial charge in [0.1, 0.15) is 12.3 Å². The number of benzene rings is 2. The fraction of sp³-hybridized carbons (Fsp3) is 0.464. The summed E-state index contributed by atoms with van der Waals surface area (Å²) in [7, 11) is 1.63. The van der Waals surface area contributed by atoms with E-state index in [1.165, 1.54) is 0 Å². The predicted molar refractivity (Wildman–Crippen MR) is 143 cm³/mol. The molecule has 1 saturated heterocycles. The molecule has 198 valence electrons. The Hall–Kier alpha value is -3.43. The van der Waals surface area contributed by atoms with Gasteiger partial charge in [-0.1, -0.05) is 37.3 Å². The van der Waals surface area contributed by atoms with Crippen molar-refractivity contribution in [2.24, 2.45) is 5.10 Å². The lowest BCUT2D eigenvalue weighted by atomic mass is 9.98. The third-order valence-electron chi connectivity index (χ3n) is 6.70. The summed E-state index contributed by atoms with van der Waals surface area (Å²) < 4.78 is 10.7. The lowest BCUT2D eigenvalue weighted by Crippen LogP contribution is -2.49. The maximum absolute atomic E-state index is 13.7. The zero-order valence-electron chi connectivity index (χ0n) is 21.8. The van der Waals surface area contributed by atoms with Crippen molar-refractivity contribution < 1.29 is 19.1 Å². The van der Waals surface area contributed by atoms with E-state index >= 15 is 0 Å². The molecular formula is C28H37N5O4. The summed E-state index contributed by atoms with van der Waals surface area (Å²) in [6.07, 6.45) is 1.42. The summed E-state index contributed by atoms with van der Waals surface area (Å²) >= 11 is 0. The molecule has 0 aromatic heterocycles.